The highest BCUT2D eigenvalue weighted by Crippen LogP contribution is 2.24. The highest BCUT2D eigenvalue weighted by Gasteiger charge is 2.03. The van der Waals surface area contributed by atoms with Crippen molar-refractivity contribution in [1.82, 2.24) is 4.72 Å². The van der Waals surface area contributed by atoms with E-state index in [2.05, 4.69) is 11.3 Å². The Kier molecular flexibility index (Phi) is 5.07. The zero-order valence-electron chi connectivity index (χ0n) is 8.95. The third kappa shape index (κ3) is 3.49. The molecule has 0 heterocycles. The zero-order chi connectivity index (χ0) is 11.1. The largest absolute Gasteiger partial charge is 0.497 e. The smallest absolute Gasteiger partial charge is 0.127 e. The SMILES string of the molecule is C=CSNCc1ccc(OC)cc1OC. The summed E-state index contributed by atoms with van der Waals surface area (Å²) in [6.07, 6.45) is 0. The van der Waals surface area contributed by atoms with Crippen LogP contribution in [0.1, 0.15) is 5.56 Å². The van der Waals surface area contributed by atoms with Crippen LogP contribution in [-0.4, -0.2) is 14.2 Å². The predicted molar refractivity (Wildman–Crippen MR) is 64.2 cm³/mol. The minimum atomic E-state index is 0.726. The first-order valence-corrected chi connectivity index (χ1v) is 5.40. The molecule has 1 rings (SSSR count). The average Bonchev–Trinajstić information content (AvgIpc) is 2.29. The maximum absolute atomic E-state index is 5.26. The first-order valence-electron chi connectivity index (χ1n) is 4.52. The monoisotopic (exact) mass is 225 g/mol. The van der Waals surface area contributed by atoms with Crippen molar-refractivity contribution >= 4 is 11.9 Å². The number of hydrogen-bond donors (Lipinski definition) is 1. The summed E-state index contributed by atoms with van der Waals surface area (Å²) in [4.78, 5) is 0. The van der Waals surface area contributed by atoms with E-state index in [1.54, 1.807) is 19.6 Å². The average molecular weight is 225 g/mol. The van der Waals surface area contributed by atoms with Gasteiger partial charge < -0.3 is 9.47 Å². The van der Waals surface area contributed by atoms with Crippen molar-refractivity contribution in [3.63, 3.8) is 0 Å². The van der Waals surface area contributed by atoms with Crippen LogP contribution < -0.4 is 14.2 Å². The maximum Gasteiger partial charge on any atom is 0.127 e. The van der Waals surface area contributed by atoms with E-state index in [4.69, 9.17) is 9.47 Å². The molecule has 0 radical (unpaired) electrons. The van der Waals surface area contributed by atoms with E-state index in [1.807, 2.05) is 18.2 Å². The third-order valence-electron chi connectivity index (χ3n) is 1.92. The number of benzene rings is 1. The molecule has 0 atom stereocenters. The Labute approximate surface area is 94.6 Å². The van der Waals surface area contributed by atoms with E-state index < -0.39 is 0 Å². The first kappa shape index (κ1) is 11.9. The molecule has 1 aromatic rings. The molecule has 0 aliphatic rings. The highest BCUT2D eigenvalue weighted by atomic mass is 32.2. The minimum absolute atomic E-state index is 0.726. The van der Waals surface area contributed by atoms with Gasteiger partial charge in [0, 0.05) is 18.2 Å². The Bertz CT molecular complexity index is 328. The van der Waals surface area contributed by atoms with Crippen LogP contribution in [0.15, 0.2) is 30.2 Å². The van der Waals surface area contributed by atoms with Crippen LogP contribution in [0.25, 0.3) is 0 Å². The second-order valence-corrected chi connectivity index (χ2v) is 3.64. The van der Waals surface area contributed by atoms with Crippen molar-refractivity contribution in [2.75, 3.05) is 14.2 Å². The second-order valence-electron chi connectivity index (χ2n) is 2.78. The van der Waals surface area contributed by atoms with Gasteiger partial charge in [0.15, 0.2) is 0 Å². The fraction of sp³-hybridized carbons (Fsp3) is 0.273. The Balaban J connectivity index is 2.73. The van der Waals surface area contributed by atoms with Gasteiger partial charge in [0.1, 0.15) is 11.5 Å². The van der Waals surface area contributed by atoms with Gasteiger partial charge in [-0.2, -0.15) is 0 Å². The summed E-state index contributed by atoms with van der Waals surface area (Å²) in [6.45, 7) is 4.34. The molecule has 0 saturated heterocycles. The van der Waals surface area contributed by atoms with Crippen molar-refractivity contribution in [2.45, 2.75) is 6.54 Å². The van der Waals surface area contributed by atoms with E-state index in [0.29, 0.717) is 0 Å². The van der Waals surface area contributed by atoms with Gasteiger partial charge in [-0.25, -0.2) is 0 Å². The molecule has 0 saturated carbocycles. The molecule has 0 aliphatic carbocycles. The Morgan fingerprint density at radius 1 is 1.40 bits per heavy atom. The van der Waals surface area contributed by atoms with Gasteiger partial charge in [-0.3, -0.25) is 4.72 Å². The fourth-order valence-electron chi connectivity index (χ4n) is 1.18. The molecule has 4 heteroatoms. The van der Waals surface area contributed by atoms with Crippen molar-refractivity contribution in [3.8, 4) is 11.5 Å². The summed E-state index contributed by atoms with van der Waals surface area (Å²) in [6, 6.07) is 5.77. The lowest BCUT2D eigenvalue weighted by Crippen LogP contribution is -2.03. The molecule has 1 aromatic carbocycles. The standard InChI is InChI=1S/C11H15NO2S/c1-4-15-12-8-9-5-6-10(13-2)7-11(9)14-3/h4-7,12H,1,8H2,2-3H3. The van der Waals surface area contributed by atoms with Crippen LogP contribution in [-0.2, 0) is 6.54 Å². The van der Waals surface area contributed by atoms with Gasteiger partial charge in [0.2, 0.25) is 0 Å². The molecule has 15 heavy (non-hydrogen) atoms. The summed E-state index contributed by atoms with van der Waals surface area (Å²) in [5, 5.41) is 1.75. The molecular formula is C11H15NO2S. The van der Waals surface area contributed by atoms with Gasteiger partial charge >= 0.3 is 0 Å². The fourth-order valence-corrected chi connectivity index (χ4v) is 1.53. The molecule has 0 bridgehead atoms. The number of rotatable bonds is 6. The molecule has 0 amide bonds. The van der Waals surface area contributed by atoms with Crippen LogP contribution in [0.3, 0.4) is 0 Å². The van der Waals surface area contributed by atoms with Gasteiger partial charge in [0.25, 0.3) is 0 Å². The summed E-state index contributed by atoms with van der Waals surface area (Å²) >= 11 is 1.46. The van der Waals surface area contributed by atoms with Crippen LogP contribution >= 0.6 is 11.9 Å². The van der Waals surface area contributed by atoms with Gasteiger partial charge in [-0.05, 0) is 11.5 Å². The molecule has 1 N–H and O–H groups in total. The Morgan fingerprint density at radius 2 is 2.20 bits per heavy atom. The lowest BCUT2D eigenvalue weighted by atomic mass is 10.2. The van der Waals surface area contributed by atoms with Gasteiger partial charge in [0.05, 0.1) is 14.2 Å². The topological polar surface area (TPSA) is 30.5 Å². The van der Waals surface area contributed by atoms with E-state index in [-0.39, 0.29) is 0 Å². The van der Waals surface area contributed by atoms with Crippen LogP contribution in [0, 0.1) is 0 Å². The van der Waals surface area contributed by atoms with Crippen molar-refractivity contribution in [2.24, 2.45) is 0 Å². The lowest BCUT2D eigenvalue weighted by molar-refractivity contribution is 0.391. The summed E-state index contributed by atoms with van der Waals surface area (Å²) in [7, 11) is 3.29. The molecule has 82 valence electrons. The summed E-state index contributed by atoms with van der Waals surface area (Å²) in [5.74, 6) is 1.62. The molecule has 0 fully saturated rings. The van der Waals surface area contributed by atoms with E-state index >= 15 is 0 Å². The number of nitrogens with one attached hydrogen (secondary N) is 1. The number of ether oxygens (including phenoxy) is 2. The third-order valence-corrected chi connectivity index (χ3v) is 2.40. The molecular weight excluding hydrogens is 210 g/mol. The molecule has 0 aromatic heterocycles. The van der Waals surface area contributed by atoms with Crippen LogP contribution in [0.4, 0.5) is 0 Å². The zero-order valence-corrected chi connectivity index (χ0v) is 9.76. The van der Waals surface area contributed by atoms with E-state index in [0.717, 1.165) is 23.6 Å². The number of hydrogen-bond acceptors (Lipinski definition) is 4. The van der Waals surface area contributed by atoms with Crippen molar-refractivity contribution in [1.29, 1.82) is 0 Å². The van der Waals surface area contributed by atoms with Crippen molar-refractivity contribution < 1.29 is 9.47 Å². The van der Waals surface area contributed by atoms with Crippen molar-refractivity contribution in [3.05, 3.63) is 35.7 Å². The number of methoxy groups -OCH3 is 2. The molecule has 0 unspecified atom stereocenters. The minimum Gasteiger partial charge on any atom is -0.497 e. The van der Waals surface area contributed by atoms with Crippen LogP contribution in [0.5, 0.6) is 11.5 Å². The second kappa shape index (κ2) is 6.37. The summed E-state index contributed by atoms with van der Waals surface area (Å²) in [5.41, 5.74) is 1.09. The van der Waals surface area contributed by atoms with E-state index in [9.17, 15) is 0 Å². The first-order chi connectivity index (χ1) is 7.31. The lowest BCUT2D eigenvalue weighted by Gasteiger charge is -2.10. The normalized spacial score (nSPS) is 9.73. The van der Waals surface area contributed by atoms with Gasteiger partial charge in [-0.1, -0.05) is 24.6 Å². The quantitative estimate of drug-likeness (QED) is 0.595. The Hall–Kier alpha value is -1.13. The molecule has 0 spiro atoms. The maximum atomic E-state index is 5.26. The van der Waals surface area contributed by atoms with E-state index in [1.165, 1.54) is 11.9 Å². The predicted octanol–water partition coefficient (Wildman–Crippen LogP) is 2.59. The van der Waals surface area contributed by atoms with Crippen LogP contribution in [0.2, 0.25) is 0 Å². The molecule has 0 aliphatic heterocycles. The summed E-state index contributed by atoms with van der Waals surface area (Å²) < 4.78 is 13.5. The van der Waals surface area contributed by atoms with Gasteiger partial charge in [-0.15, -0.1) is 0 Å². The highest BCUT2D eigenvalue weighted by molar-refractivity contribution is 8.00. The Morgan fingerprint density at radius 3 is 2.80 bits per heavy atom. The molecule has 3 nitrogen and oxygen atoms in total.